The molecule has 0 fully saturated rings. The molecule has 0 aliphatic carbocycles. The molecular formula is C15H24N2O. The first-order chi connectivity index (χ1) is 8.25. The zero-order chi connectivity index (χ0) is 13.9. The maximum atomic E-state index is 12.2. The highest BCUT2D eigenvalue weighted by Gasteiger charge is 2.23. The predicted octanol–water partition coefficient (Wildman–Crippen LogP) is 3.20. The summed E-state index contributed by atoms with van der Waals surface area (Å²) >= 11 is 0. The van der Waals surface area contributed by atoms with Gasteiger partial charge in [-0.15, -0.1) is 0 Å². The second-order valence-electron chi connectivity index (χ2n) is 5.86. The first kappa shape index (κ1) is 14.6. The normalized spacial score (nSPS) is 13.0. The van der Waals surface area contributed by atoms with Crippen LogP contribution in [0, 0.1) is 12.3 Å². The largest absolute Gasteiger partial charge is 0.387 e. The standard InChI is InChI=1S/C15H24N2O/c1-10-7-8-12(13(9-10)16-6)14(18)17-11(2)15(3,4)5/h7-9,11,16H,1-6H3,(H,17,18). The number of benzene rings is 1. The van der Waals surface area contributed by atoms with Crippen LogP contribution < -0.4 is 10.6 Å². The molecule has 1 atom stereocenters. The summed E-state index contributed by atoms with van der Waals surface area (Å²) in [6, 6.07) is 5.93. The SMILES string of the molecule is CNc1cc(C)ccc1C(=O)NC(C)C(C)(C)C. The van der Waals surface area contributed by atoms with Gasteiger partial charge in [-0.25, -0.2) is 0 Å². The smallest absolute Gasteiger partial charge is 0.253 e. The van der Waals surface area contributed by atoms with Gasteiger partial charge in [0.25, 0.3) is 5.91 Å². The highest BCUT2D eigenvalue weighted by molar-refractivity contribution is 5.99. The molecular weight excluding hydrogens is 224 g/mol. The number of anilines is 1. The van der Waals surface area contributed by atoms with Crippen molar-refractivity contribution in [1.82, 2.24) is 5.32 Å². The van der Waals surface area contributed by atoms with Crippen LogP contribution >= 0.6 is 0 Å². The molecule has 0 aliphatic rings. The summed E-state index contributed by atoms with van der Waals surface area (Å²) in [7, 11) is 1.83. The van der Waals surface area contributed by atoms with Crippen LogP contribution in [0.4, 0.5) is 5.69 Å². The summed E-state index contributed by atoms with van der Waals surface area (Å²) in [5.41, 5.74) is 2.76. The van der Waals surface area contributed by atoms with Crippen molar-refractivity contribution in [3.05, 3.63) is 29.3 Å². The van der Waals surface area contributed by atoms with Crippen molar-refractivity contribution in [1.29, 1.82) is 0 Å². The van der Waals surface area contributed by atoms with Crippen molar-refractivity contribution in [2.75, 3.05) is 12.4 Å². The van der Waals surface area contributed by atoms with E-state index >= 15 is 0 Å². The maximum Gasteiger partial charge on any atom is 0.253 e. The predicted molar refractivity (Wildman–Crippen MR) is 77.1 cm³/mol. The number of carbonyl (C=O) groups excluding carboxylic acids is 1. The lowest BCUT2D eigenvalue weighted by atomic mass is 9.88. The van der Waals surface area contributed by atoms with Gasteiger partial charge in [-0.1, -0.05) is 26.8 Å². The van der Waals surface area contributed by atoms with Gasteiger partial charge in [-0.05, 0) is 37.0 Å². The Labute approximate surface area is 110 Å². The third-order valence-electron chi connectivity index (χ3n) is 3.34. The zero-order valence-corrected chi connectivity index (χ0v) is 12.2. The fraction of sp³-hybridized carbons (Fsp3) is 0.533. The van der Waals surface area contributed by atoms with Crippen molar-refractivity contribution in [2.24, 2.45) is 5.41 Å². The fourth-order valence-corrected chi connectivity index (χ4v) is 1.55. The van der Waals surface area contributed by atoms with Crippen LogP contribution in [0.3, 0.4) is 0 Å². The molecule has 0 aliphatic heterocycles. The molecule has 18 heavy (non-hydrogen) atoms. The van der Waals surface area contributed by atoms with Gasteiger partial charge >= 0.3 is 0 Å². The Morgan fingerprint density at radius 2 is 1.89 bits per heavy atom. The number of aryl methyl sites for hydroxylation is 1. The summed E-state index contributed by atoms with van der Waals surface area (Å²) in [5, 5.41) is 6.12. The number of amides is 1. The lowest BCUT2D eigenvalue weighted by molar-refractivity contribution is 0.0911. The molecule has 1 unspecified atom stereocenters. The van der Waals surface area contributed by atoms with Gasteiger partial charge in [0.2, 0.25) is 0 Å². The molecule has 100 valence electrons. The Morgan fingerprint density at radius 3 is 2.39 bits per heavy atom. The average molecular weight is 248 g/mol. The molecule has 0 aromatic heterocycles. The monoisotopic (exact) mass is 248 g/mol. The van der Waals surface area contributed by atoms with Crippen LogP contribution in [0.5, 0.6) is 0 Å². The number of rotatable bonds is 3. The molecule has 0 spiro atoms. The number of hydrogen-bond acceptors (Lipinski definition) is 2. The first-order valence-corrected chi connectivity index (χ1v) is 6.35. The molecule has 3 heteroatoms. The van der Waals surface area contributed by atoms with E-state index in [2.05, 4.69) is 31.4 Å². The van der Waals surface area contributed by atoms with Crippen LogP contribution in [-0.2, 0) is 0 Å². The Hall–Kier alpha value is -1.51. The van der Waals surface area contributed by atoms with E-state index in [-0.39, 0.29) is 17.4 Å². The quantitative estimate of drug-likeness (QED) is 0.862. The van der Waals surface area contributed by atoms with Gasteiger partial charge in [0.1, 0.15) is 0 Å². The van der Waals surface area contributed by atoms with E-state index in [1.165, 1.54) is 0 Å². The van der Waals surface area contributed by atoms with Crippen LogP contribution in [0.2, 0.25) is 0 Å². The average Bonchev–Trinajstić information content (AvgIpc) is 2.27. The summed E-state index contributed by atoms with van der Waals surface area (Å²) < 4.78 is 0. The van der Waals surface area contributed by atoms with E-state index < -0.39 is 0 Å². The Balaban J connectivity index is 2.91. The highest BCUT2D eigenvalue weighted by Crippen LogP contribution is 2.21. The van der Waals surface area contributed by atoms with E-state index in [4.69, 9.17) is 0 Å². The van der Waals surface area contributed by atoms with Gasteiger partial charge in [-0.3, -0.25) is 4.79 Å². The third kappa shape index (κ3) is 3.49. The van der Waals surface area contributed by atoms with Crippen LogP contribution in [0.1, 0.15) is 43.6 Å². The van der Waals surface area contributed by atoms with E-state index in [0.29, 0.717) is 5.56 Å². The first-order valence-electron chi connectivity index (χ1n) is 6.35. The Kier molecular flexibility index (Phi) is 4.38. The van der Waals surface area contributed by atoms with Crippen LogP contribution in [0.15, 0.2) is 18.2 Å². The van der Waals surface area contributed by atoms with Crippen molar-refractivity contribution < 1.29 is 4.79 Å². The van der Waals surface area contributed by atoms with E-state index in [9.17, 15) is 4.79 Å². The van der Waals surface area contributed by atoms with Crippen molar-refractivity contribution in [3.63, 3.8) is 0 Å². The van der Waals surface area contributed by atoms with E-state index in [1.54, 1.807) is 0 Å². The summed E-state index contributed by atoms with van der Waals surface area (Å²) in [4.78, 5) is 12.2. The molecule has 1 aromatic rings. The summed E-state index contributed by atoms with van der Waals surface area (Å²) in [6.45, 7) is 10.4. The van der Waals surface area contributed by atoms with Crippen LogP contribution in [-0.4, -0.2) is 19.0 Å². The second kappa shape index (κ2) is 5.42. The Morgan fingerprint density at radius 1 is 1.28 bits per heavy atom. The zero-order valence-electron chi connectivity index (χ0n) is 12.2. The lowest BCUT2D eigenvalue weighted by Crippen LogP contribution is -2.41. The molecule has 0 radical (unpaired) electrons. The third-order valence-corrected chi connectivity index (χ3v) is 3.34. The lowest BCUT2D eigenvalue weighted by Gasteiger charge is -2.28. The van der Waals surface area contributed by atoms with Gasteiger partial charge in [0, 0.05) is 18.8 Å². The van der Waals surface area contributed by atoms with Gasteiger partial charge in [0.05, 0.1) is 5.56 Å². The second-order valence-corrected chi connectivity index (χ2v) is 5.86. The highest BCUT2D eigenvalue weighted by atomic mass is 16.1. The molecule has 0 saturated heterocycles. The molecule has 1 amide bonds. The Bertz CT molecular complexity index is 433. The minimum atomic E-state index is -0.0261. The minimum absolute atomic E-state index is 0.0261. The summed E-state index contributed by atoms with van der Waals surface area (Å²) in [6.07, 6.45) is 0. The van der Waals surface area contributed by atoms with Gasteiger partial charge in [-0.2, -0.15) is 0 Å². The summed E-state index contributed by atoms with van der Waals surface area (Å²) in [5.74, 6) is -0.0261. The molecule has 0 saturated carbocycles. The molecule has 0 heterocycles. The van der Waals surface area contributed by atoms with E-state index in [0.717, 1.165) is 11.3 Å². The van der Waals surface area contributed by atoms with Crippen molar-refractivity contribution >= 4 is 11.6 Å². The van der Waals surface area contributed by atoms with Gasteiger partial charge in [0.15, 0.2) is 0 Å². The van der Waals surface area contributed by atoms with Crippen molar-refractivity contribution in [3.8, 4) is 0 Å². The van der Waals surface area contributed by atoms with Crippen LogP contribution in [0.25, 0.3) is 0 Å². The molecule has 2 N–H and O–H groups in total. The topological polar surface area (TPSA) is 41.1 Å². The molecule has 3 nitrogen and oxygen atoms in total. The maximum absolute atomic E-state index is 12.2. The van der Waals surface area contributed by atoms with Gasteiger partial charge < -0.3 is 10.6 Å². The molecule has 1 rings (SSSR count). The number of carbonyl (C=O) groups is 1. The molecule has 1 aromatic carbocycles. The minimum Gasteiger partial charge on any atom is -0.387 e. The fourth-order valence-electron chi connectivity index (χ4n) is 1.55. The number of hydrogen-bond donors (Lipinski definition) is 2. The molecule has 0 bridgehead atoms. The van der Waals surface area contributed by atoms with E-state index in [1.807, 2.05) is 39.1 Å². The number of nitrogens with one attached hydrogen (secondary N) is 2. The van der Waals surface area contributed by atoms with Crippen molar-refractivity contribution in [2.45, 2.75) is 40.7 Å².